The van der Waals surface area contributed by atoms with Crippen LogP contribution in [0.1, 0.15) is 63.8 Å². The smallest absolute Gasteiger partial charge is 0.330 e. The number of amides is 1. The zero-order chi connectivity index (χ0) is 33.1. The number of esters is 1. The summed E-state index contributed by atoms with van der Waals surface area (Å²) in [5, 5.41) is 6.40. The van der Waals surface area contributed by atoms with Crippen LogP contribution in [-0.4, -0.2) is 61.5 Å². The van der Waals surface area contributed by atoms with Gasteiger partial charge in [-0.2, -0.15) is 0 Å². The molecular formula is C32H42F2N4O5S2. The van der Waals surface area contributed by atoms with Crippen LogP contribution in [0.5, 0.6) is 0 Å². The molecule has 0 aliphatic heterocycles. The van der Waals surface area contributed by atoms with Crippen LogP contribution in [0, 0.1) is 25.5 Å². The summed E-state index contributed by atoms with van der Waals surface area (Å²) >= 11 is 1.13. The Balaban J connectivity index is 1.85. The first kappa shape index (κ1) is 36.2. The van der Waals surface area contributed by atoms with Gasteiger partial charge in [-0.05, 0) is 61.9 Å². The van der Waals surface area contributed by atoms with Crippen molar-refractivity contribution in [3.05, 3.63) is 86.4 Å². The van der Waals surface area contributed by atoms with Crippen LogP contribution in [0.2, 0.25) is 0 Å². The molecule has 0 saturated carbocycles. The molecule has 3 rings (SSSR count). The summed E-state index contributed by atoms with van der Waals surface area (Å²) in [6.45, 7) is 7.74. The van der Waals surface area contributed by atoms with Gasteiger partial charge in [0.15, 0.2) is 9.84 Å². The van der Waals surface area contributed by atoms with Gasteiger partial charge in [-0.25, -0.2) is 27.0 Å². The second-order valence-electron chi connectivity index (χ2n) is 11.1. The third-order valence-electron chi connectivity index (χ3n) is 7.14. The van der Waals surface area contributed by atoms with E-state index in [0.717, 1.165) is 47.1 Å². The standard InChI is InChI=1S/C32H42F2N4O5S2/c1-5-7-11-45(41,42)19-28(38-31(39)30-20(3)37-21(4)44-30)32(40)43-29(18-36-17-23-10-8-9-22(6-2)12-23)27(35)15-24-13-25(33)16-26(34)14-24/h8-10,12-14,16,27-29,36H,5-7,11,15,17-19,35H2,1-4H3,(H,38,39)/t27-,28+,29+/m0/s1. The fourth-order valence-electron chi connectivity index (χ4n) is 4.80. The first-order chi connectivity index (χ1) is 21.3. The highest BCUT2D eigenvalue weighted by Crippen LogP contribution is 2.18. The minimum Gasteiger partial charge on any atom is -0.458 e. The monoisotopic (exact) mass is 664 g/mol. The van der Waals surface area contributed by atoms with E-state index in [1.165, 1.54) is 0 Å². The largest absolute Gasteiger partial charge is 0.458 e. The molecule has 0 bridgehead atoms. The molecule has 0 unspecified atom stereocenters. The lowest BCUT2D eigenvalue weighted by atomic mass is 10.0. The fraction of sp³-hybridized carbons (Fsp3) is 0.469. The lowest BCUT2D eigenvalue weighted by Gasteiger charge is -2.27. The molecule has 45 heavy (non-hydrogen) atoms. The first-order valence-electron chi connectivity index (χ1n) is 14.9. The average molecular weight is 665 g/mol. The van der Waals surface area contributed by atoms with Crippen molar-refractivity contribution >= 4 is 33.1 Å². The number of hydrogen-bond donors (Lipinski definition) is 3. The van der Waals surface area contributed by atoms with E-state index >= 15 is 0 Å². The summed E-state index contributed by atoms with van der Waals surface area (Å²) in [5.41, 5.74) is 9.31. The van der Waals surface area contributed by atoms with Crippen molar-refractivity contribution in [2.45, 2.75) is 78.1 Å². The van der Waals surface area contributed by atoms with E-state index in [2.05, 4.69) is 15.6 Å². The van der Waals surface area contributed by atoms with E-state index in [1.54, 1.807) is 13.8 Å². The Labute approximate surface area is 267 Å². The average Bonchev–Trinajstić information content (AvgIpc) is 3.32. The van der Waals surface area contributed by atoms with Crippen molar-refractivity contribution in [3.8, 4) is 0 Å². The Kier molecular flexibility index (Phi) is 13.6. The Morgan fingerprint density at radius 1 is 1.04 bits per heavy atom. The molecule has 0 saturated heterocycles. The number of carbonyl (C=O) groups is 2. The minimum atomic E-state index is -3.75. The van der Waals surface area contributed by atoms with Crippen molar-refractivity contribution in [2.24, 2.45) is 5.73 Å². The van der Waals surface area contributed by atoms with E-state index in [4.69, 9.17) is 10.5 Å². The second kappa shape index (κ2) is 16.9. The molecule has 1 amide bonds. The predicted molar refractivity (Wildman–Crippen MR) is 172 cm³/mol. The molecule has 3 aromatic rings. The molecule has 4 N–H and O–H groups in total. The Bertz CT molecular complexity index is 1540. The minimum absolute atomic E-state index is 0.0369. The summed E-state index contributed by atoms with van der Waals surface area (Å²) < 4.78 is 59.5. The second-order valence-corrected chi connectivity index (χ2v) is 14.5. The molecule has 3 atom stereocenters. The fourth-order valence-corrected chi connectivity index (χ4v) is 7.24. The molecule has 0 aliphatic carbocycles. The van der Waals surface area contributed by atoms with Crippen LogP contribution >= 0.6 is 11.3 Å². The maximum atomic E-state index is 13.9. The number of carbonyl (C=O) groups excluding carboxylic acids is 2. The van der Waals surface area contributed by atoms with E-state index in [0.29, 0.717) is 30.1 Å². The molecule has 1 heterocycles. The highest BCUT2D eigenvalue weighted by molar-refractivity contribution is 7.91. The van der Waals surface area contributed by atoms with Crippen molar-refractivity contribution < 1.29 is 31.5 Å². The predicted octanol–water partition coefficient (Wildman–Crippen LogP) is 4.19. The molecule has 0 fully saturated rings. The normalized spacial score (nSPS) is 13.7. The zero-order valence-corrected chi connectivity index (χ0v) is 27.7. The highest BCUT2D eigenvalue weighted by atomic mass is 32.2. The van der Waals surface area contributed by atoms with Gasteiger partial charge in [-0.15, -0.1) is 11.3 Å². The molecule has 0 spiro atoms. The summed E-state index contributed by atoms with van der Waals surface area (Å²) in [6, 6.07) is 8.53. The number of halogens is 2. The number of rotatable bonds is 17. The lowest BCUT2D eigenvalue weighted by Crippen LogP contribution is -2.51. The summed E-state index contributed by atoms with van der Waals surface area (Å²) in [7, 11) is -3.75. The van der Waals surface area contributed by atoms with Gasteiger partial charge >= 0.3 is 5.97 Å². The van der Waals surface area contributed by atoms with E-state index in [1.807, 2.05) is 38.1 Å². The van der Waals surface area contributed by atoms with Crippen LogP contribution in [0.15, 0.2) is 42.5 Å². The highest BCUT2D eigenvalue weighted by Gasteiger charge is 2.33. The van der Waals surface area contributed by atoms with E-state index in [-0.39, 0.29) is 29.2 Å². The number of benzene rings is 2. The number of unbranched alkanes of at least 4 members (excludes halogenated alkanes) is 1. The van der Waals surface area contributed by atoms with E-state index < -0.39 is 57.3 Å². The number of aromatic nitrogens is 1. The van der Waals surface area contributed by atoms with Gasteiger partial charge in [-0.1, -0.05) is 44.5 Å². The van der Waals surface area contributed by atoms with Gasteiger partial charge < -0.3 is 21.1 Å². The molecule has 0 aliphatic rings. The summed E-state index contributed by atoms with van der Waals surface area (Å²) in [4.78, 5) is 31.3. The van der Waals surface area contributed by atoms with Crippen LogP contribution in [0.3, 0.4) is 0 Å². The molecule has 0 radical (unpaired) electrons. The molecule has 246 valence electrons. The quantitative estimate of drug-likeness (QED) is 0.183. The zero-order valence-electron chi connectivity index (χ0n) is 26.1. The van der Waals surface area contributed by atoms with Crippen LogP contribution < -0.4 is 16.4 Å². The molecule has 9 nitrogen and oxygen atoms in total. The van der Waals surface area contributed by atoms with Gasteiger partial charge in [0.2, 0.25) is 0 Å². The third kappa shape index (κ3) is 11.6. The lowest BCUT2D eigenvalue weighted by molar-refractivity contribution is -0.151. The number of nitrogens with two attached hydrogens (primary N) is 1. The van der Waals surface area contributed by atoms with Crippen LogP contribution in [0.4, 0.5) is 8.78 Å². The number of aryl methyl sites for hydroxylation is 3. The van der Waals surface area contributed by atoms with Gasteiger partial charge in [-0.3, -0.25) is 4.79 Å². The SMILES string of the molecule is CCCCS(=O)(=O)C[C@@H](NC(=O)c1sc(C)nc1C)C(=O)O[C@H](CNCc1cccc(CC)c1)[C@@H](N)Cc1cc(F)cc(F)c1. The Morgan fingerprint density at radius 2 is 1.73 bits per heavy atom. The van der Waals surface area contributed by atoms with Gasteiger partial charge in [0, 0.05) is 25.2 Å². The van der Waals surface area contributed by atoms with Crippen molar-refractivity contribution in [2.75, 3.05) is 18.1 Å². The molecule has 13 heteroatoms. The maximum Gasteiger partial charge on any atom is 0.330 e. The number of thiazole rings is 1. The molecule has 2 aromatic carbocycles. The Hall–Kier alpha value is -3.26. The number of nitrogens with zero attached hydrogens (tertiary/aromatic N) is 1. The summed E-state index contributed by atoms with van der Waals surface area (Å²) in [5.74, 6) is -3.99. The van der Waals surface area contributed by atoms with Crippen LogP contribution in [0.25, 0.3) is 0 Å². The topological polar surface area (TPSA) is 140 Å². The van der Waals surface area contributed by atoms with Crippen molar-refractivity contribution in [1.82, 2.24) is 15.6 Å². The molecular weight excluding hydrogens is 623 g/mol. The van der Waals surface area contributed by atoms with Crippen molar-refractivity contribution in [3.63, 3.8) is 0 Å². The van der Waals surface area contributed by atoms with Gasteiger partial charge in [0.1, 0.15) is 28.7 Å². The third-order valence-corrected chi connectivity index (χ3v) is 9.97. The Morgan fingerprint density at radius 3 is 2.36 bits per heavy atom. The van der Waals surface area contributed by atoms with E-state index in [9.17, 15) is 26.8 Å². The van der Waals surface area contributed by atoms with Crippen LogP contribution in [-0.2, 0) is 38.8 Å². The maximum absolute atomic E-state index is 13.9. The number of hydrogen-bond acceptors (Lipinski definition) is 9. The first-order valence-corrected chi connectivity index (χ1v) is 17.6. The summed E-state index contributed by atoms with van der Waals surface area (Å²) in [6.07, 6.45) is 0.808. The number of ether oxygens (including phenoxy) is 1. The van der Waals surface area contributed by atoms with Gasteiger partial charge in [0.05, 0.1) is 22.2 Å². The number of nitrogens with one attached hydrogen (secondary N) is 2. The van der Waals surface area contributed by atoms with Crippen molar-refractivity contribution in [1.29, 1.82) is 0 Å². The van der Waals surface area contributed by atoms with Gasteiger partial charge in [0.25, 0.3) is 5.91 Å². The molecule has 1 aromatic heterocycles. The number of sulfone groups is 1.